The maximum Gasteiger partial charge on any atom is 0.209 e. The Kier molecular flexibility index (Phi) is 3.62. The fourth-order valence-corrected chi connectivity index (χ4v) is 4.00. The van der Waals surface area contributed by atoms with E-state index in [-0.39, 0.29) is 11.0 Å². The number of aromatic nitrogens is 2. The molecule has 3 rings (SSSR count). The van der Waals surface area contributed by atoms with Crippen molar-refractivity contribution in [3.8, 4) is 0 Å². The van der Waals surface area contributed by atoms with Crippen LogP contribution in [0.5, 0.6) is 0 Å². The van der Waals surface area contributed by atoms with Crippen LogP contribution in [0, 0.1) is 0 Å². The Labute approximate surface area is 124 Å². The van der Waals surface area contributed by atoms with E-state index >= 15 is 0 Å². The minimum Gasteiger partial charge on any atom is -0.370 e. The summed E-state index contributed by atoms with van der Waals surface area (Å²) >= 11 is 3.09. The lowest BCUT2D eigenvalue weighted by Crippen LogP contribution is -2.34. The Morgan fingerprint density at radius 3 is 3.10 bits per heavy atom. The van der Waals surface area contributed by atoms with Crippen molar-refractivity contribution in [2.75, 3.05) is 12.3 Å². The van der Waals surface area contributed by atoms with E-state index in [1.807, 2.05) is 13.8 Å². The van der Waals surface area contributed by atoms with Crippen LogP contribution >= 0.6 is 23.1 Å². The standard InChI is InChI=1S/C13H17N3O2S2/c1-13(2)5-7-8(6-18-13)20-11-9(10(7)17)15-12(16-11)19-4-3-14/h3-6,14H2,1-2H3,(H,15,16). The second-order valence-electron chi connectivity index (χ2n) is 5.42. The SMILES string of the molecule is CC1(C)Cc2c(sc3nc(SCCN)[nH]c3c2=O)CO1. The molecule has 0 aliphatic carbocycles. The van der Waals surface area contributed by atoms with Gasteiger partial charge in [0, 0.05) is 29.2 Å². The first-order chi connectivity index (χ1) is 9.50. The van der Waals surface area contributed by atoms with Crippen LogP contribution in [0.1, 0.15) is 24.3 Å². The first-order valence-electron chi connectivity index (χ1n) is 6.51. The van der Waals surface area contributed by atoms with E-state index in [1.54, 1.807) is 23.1 Å². The summed E-state index contributed by atoms with van der Waals surface area (Å²) in [6.07, 6.45) is 0.651. The molecule has 0 saturated carbocycles. The molecule has 20 heavy (non-hydrogen) atoms. The van der Waals surface area contributed by atoms with Gasteiger partial charge in [-0.05, 0) is 13.8 Å². The third-order valence-electron chi connectivity index (χ3n) is 3.26. The molecule has 0 fully saturated rings. The summed E-state index contributed by atoms with van der Waals surface area (Å²) in [6, 6.07) is 0. The number of rotatable bonds is 3. The Hall–Kier alpha value is -0.890. The Bertz CT molecular complexity index is 705. The van der Waals surface area contributed by atoms with Crippen LogP contribution in [0.2, 0.25) is 0 Å². The predicted octanol–water partition coefficient (Wildman–Crippen LogP) is 1.89. The van der Waals surface area contributed by atoms with E-state index in [0.717, 1.165) is 26.2 Å². The molecule has 0 unspecified atom stereocenters. The van der Waals surface area contributed by atoms with Crippen molar-refractivity contribution in [2.45, 2.75) is 37.6 Å². The summed E-state index contributed by atoms with van der Waals surface area (Å²) in [6.45, 7) is 5.11. The van der Waals surface area contributed by atoms with Crippen LogP contribution in [0.3, 0.4) is 0 Å². The van der Waals surface area contributed by atoms with Crippen LogP contribution in [-0.2, 0) is 17.8 Å². The highest BCUT2D eigenvalue weighted by Gasteiger charge is 2.29. The molecule has 0 atom stereocenters. The Morgan fingerprint density at radius 1 is 1.55 bits per heavy atom. The largest absolute Gasteiger partial charge is 0.370 e. The van der Waals surface area contributed by atoms with Crippen LogP contribution in [0.4, 0.5) is 0 Å². The van der Waals surface area contributed by atoms with Crippen molar-refractivity contribution in [3.05, 3.63) is 20.7 Å². The lowest BCUT2D eigenvalue weighted by molar-refractivity contribution is -0.0386. The quantitative estimate of drug-likeness (QED) is 0.846. The molecule has 0 radical (unpaired) electrons. The summed E-state index contributed by atoms with van der Waals surface area (Å²) in [5.41, 5.74) is 6.77. The summed E-state index contributed by atoms with van der Waals surface area (Å²) in [7, 11) is 0. The van der Waals surface area contributed by atoms with Crippen molar-refractivity contribution < 1.29 is 4.74 Å². The average Bonchev–Trinajstić information content (AvgIpc) is 2.80. The van der Waals surface area contributed by atoms with Crippen LogP contribution < -0.4 is 11.2 Å². The van der Waals surface area contributed by atoms with Gasteiger partial charge in [-0.3, -0.25) is 4.79 Å². The van der Waals surface area contributed by atoms with Gasteiger partial charge >= 0.3 is 0 Å². The van der Waals surface area contributed by atoms with Crippen LogP contribution in [-0.4, -0.2) is 27.9 Å². The monoisotopic (exact) mass is 311 g/mol. The van der Waals surface area contributed by atoms with Crippen LogP contribution in [0.25, 0.3) is 10.3 Å². The van der Waals surface area contributed by atoms with E-state index in [0.29, 0.717) is 25.1 Å². The van der Waals surface area contributed by atoms with Crippen molar-refractivity contribution in [3.63, 3.8) is 0 Å². The number of hydrogen-bond acceptors (Lipinski definition) is 6. The first kappa shape index (κ1) is 14.1. The van der Waals surface area contributed by atoms with Gasteiger partial charge in [0.25, 0.3) is 0 Å². The maximum absolute atomic E-state index is 12.6. The molecule has 3 N–H and O–H groups in total. The summed E-state index contributed by atoms with van der Waals surface area (Å²) in [5, 5.41) is 0.765. The second-order valence-corrected chi connectivity index (χ2v) is 7.58. The molecular formula is C13H17N3O2S2. The molecule has 5 nitrogen and oxygen atoms in total. The van der Waals surface area contributed by atoms with Gasteiger partial charge in [0.1, 0.15) is 10.3 Å². The van der Waals surface area contributed by atoms with Gasteiger partial charge in [-0.25, -0.2) is 4.98 Å². The van der Waals surface area contributed by atoms with Gasteiger partial charge < -0.3 is 15.5 Å². The van der Waals surface area contributed by atoms with Crippen molar-refractivity contribution in [1.82, 2.24) is 9.97 Å². The van der Waals surface area contributed by atoms with Crippen LogP contribution in [0.15, 0.2) is 9.95 Å². The molecule has 2 aromatic heterocycles. The lowest BCUT2D eigenvalue weighted by Gasteiger charge is -2.30. The number of nitrogens with two attached hydrogens (primary N) is 1. The number of fused-ring (bicyclic) bond motifs is 2. The zero-order valence-electron chi connectivity index (χ0n) is 11.5. The minimum atomic E-state index is -0.274. The number of nitrogens with one attached hydrogen (secondary N) is 1. The van der Waals surface area contributed by atoms with E-state index < -0.39 is 0 Å². The van der Waals surface area contributed by atoms with E-state index in [2.05, 4.69) is 9.97 Å². The Balaban J connectivity index is 2.08. The number of nitrogens with zero attached hydrogens (tertiary/aromatic N) is 1. The highest BCUT2D eigenvalue weighted by molar-refractivity contribution is 7.99. The Morgan fingerprint density at radius 2 is 2.35 bits per heavy atom. The van der Waals surface area contributed by atoms with E-state index in [9.17, 15) is 4.79 Å². The third-order valence-corrected chi connectivity index (χ3v) is 5.27. The lowest BCUT2D eigenvalue weighted by atomic mass is 9.96. The van der Waals surface area contributed by atoms with Crippen molar-refractivity contribution in [2.24, 2.45) is 5.73 Å². The van der Waals surface area contributed by atoms with Gasteiger partial charge in [0.15, 0.2) is 5.16 Å². The number of aromatic amines is 1. The molecule has 0 spiro atoms. The van der Waals surface area contributed by atoms with Crippen molar-refractivity contribution >= 4 is 33.4 Å². The fraction of sp³-hybridized carbons (Fsp3) is 0.538. The molecule has 3 heterocycles. The first-order valence-corrected chi connectivity index (χ1v) is 8.32. The second kappa shape index (κ2) is 5.14. The van der Waals surface area contributed by atoms with E-state index in [4.69, 9.17) is 10.5 Å². The molecule has 0 saturated heterocycles. The summed E-state index contributed by atoms with van der Waals surface area (Å²) in [4.78, 5) is 22.0. The number of ether oxygens (including phenoxy) is 1. The smallest absolute Gasteiger partial charge is 0.209 e. The summed E-state index contributed by atoms with van der Waals surface area (Å²) in [5.74, 6) is 0.786. The number of thioether (sulfide) groups is 1. The fourth-order valence-electron chi connectivity index (χ4n) is 2.28. The zero-order chi connectivity index (χ0) is 14.3. The molecule has 108 valence electrons. The number of imidazole rings is 1. The highest BCUT2D eigenvalue weighted by Crippen LogP contribution is 2.31. The molecule has 1 aliphatic rings. The summed E-state index contributed by atoms with van der Waals surface area (Å²) < 4.78 is 5.78. The third kappa shape index (κ3) is 2.50. The normalized spacial score (nSPS) is 17.4. The maximum atomic E-state index is 12.6. The van der Waals surface area contributed by atoms with E-state index in [1.165, 1.54) is 0 Å². The zero-order valence-corrected chi connectivity index (χ0v) is 13.1. The molecular weight excluding hydrogens is 294 g/mol. The molecule has 2 aromatic rings. The van der Waals surface area contributed by atoms with Gasteiger partial charge in [0.2, 0.25) is 5.43 Å². The van der Waals surface area contributed by atoms with Gasteiger partial charge in [-0.15, -0.1) is 11.3 Å². The minimum absolute atomic E-state index is 0.0669. The molecule has 0 amide bonds. The molecule has 0 aromatic carbocycles. The average molecular weight is 311 g/mol. The molecule has 1 aliphatic heterocycles. The topological polar surface area (TPSA) is 81.0 Å². The highest BCUT2D eigenvalue weighted by atomic mass is 32.2. The number of hydrogen-bond donors (Lipinski definition) is 2. The van der Waals surface area contributed by atoms with Gasteiger partial charge in [0.05, 0.1) is 12.2 Å². The predicted molar refractivity (Wildman–Crippen MR) is 82.6 cm³/mol. The molecule has 0 bridgehead atoms. The van der Waals surface area contributed by atoms with Gasteiger partial charge in [-0.1, -0.05) is 11.8 Å². The van der Waals surface area contributed by atoms with Crippen molar-refractivity contribution in [1.29, 1.82) is 0 Å². The van der Waals surface area contributed by atoms with Gasteiger partial charge in [-0.2, -0.15) is 0 Å². The number of H-pyrrole nitrogens is 1. The molecule has 7 heteroatoms.